The largest absolute Gasteiger partial charge is 0.504 e. The summed E-state index contributed by atoms with van der Waals surface area (Å²) in [5, 5.41) is 34.2. The molecule has 1 aliphatic rings. The molecule has 0 saturated carbocycles. The molecule has 1 atom stereocenters. The summed E-state index contributed by atoms with van der Waals surface area (Å²) in [6.07, 6.45) is 0.835. The predicted octanol–water partition coefficient (Wildman–Crippen LogP) is 0.482. The molecule has 1 heterocycles. The number of ether oxygens (including phenoxy) is 1. The molecular formula is C18H23N5O6. The van der Waals surface area contributed by atoms with Crippen molar-refractivity contribution in [2.24, 2.45) is 0 Å². The highest BCUT2D eigenvalue weighted by molar-refractivity contribution is 6.01. The third-order valence-corrected chi connectivity index (χ3v) is 4.08. The van der Waals surface area contributed by atoms with Gasteiger partial charge in [0.1, 0.15) is 23.6 Å². The number of hydrogen-bond donors (Lipinski definition) is 5. The summed E-state index contributed by atoms with van der Waals surface area (Å²) < 4.78 is 5.49. The second-order valence-corrected chi connectivity index (χ2v) is 6.01. The molecule has 1 aromatic carbocycles. The van der Waals surface area contributed by atoms with Crippen molar-refractivity contribution in [1.29, 1.82) is 5.26 Å². The van der Waals surface area contributed by atoms with Gasteiger partial charge in [-0.2, -0.15) is 5.26 Å². The molecule has 0 spiro atoms. The van der Waals surface area contributed by atoms with Crippen LogP contribution in [-0.2, 0) is 14.4 Å². The monoisotopic (exact) mass is 405 g/mol. The van der Waals surface area contributed by atoms with Gasteiger partial charge in [0.2, 0.25) is 0 Å². The SMILES string of the molecule is CCN(CCOC1CNC(=O)N1)C(=O)/C(C#N)=C/c1cc(O)c(O)c(NOC)c1. The lowest BCUT2D eigenvalue weighted by molar-refractivity contribution is -0.127. The molecule has 11 heteroatoms. The summed E-state index contributed by atoms with van der Waals surface area (Å²) in [6, 6.07) is 4.18. The van der Waals surface area contributed by atoms with Crippen LogP contribution in [0.2, 0.25) is 0 Å². The van der Waals surface area contributed by atoms with E-state index in [1.807, 2.05) is 6.07 Å². The number of likely N-dealkylation sites (N-methyl/N-ethyl adjacent to an activating group) is 1. The van der Waals surface area contributed by atoms with E-state index < -0.39 is 23.6 Å². The number of carbonyl (C=O) groups is 2. The Hall–Kier alpha value is -3.49. The highest BCUT2D eigenvalue weighted by Gasteiger charge is 2.22. The fourth-order valence-corrected chi connectivity index (χ4v) is 2.63. The molecule has 0 bridgehead atoms. The number of anilines is 1. The number of carbonyl (C=O) groups excluding carboxylic acids is 2. The summed E-state index contributed by atoms with van der Waals surface area (Å²) in [5.41, 5.74) is 2.64. The van der Waals surface area contributed by atoms with E-state index in [4.69, 9.17) is 9.57 Å². The van der Waals surface area contributed by atoms with Gasteiger partial charge >= 0.3 is 6.03 Å². The second kappa shape index (κ2) is 10.2. The Bertz CT molecular complexity index is 835. The lowest BCUT2D eigenvalue weighted by Crippen LogP contribution is -2.37. The third-order valence-electron chi connectivity index (χ3n) is 4.08. The molecule has 2 rings (SSSR count). The van der Waals surface area contributed by atoms with Crippen LogP contribution in [0.5, 0.6) is 11.5 Å². The molecule has 5 N–H and O–H groups in total. The van der Waals surface area contributed by atoms with Crippen molar-refractivity contribution in [2.45, 2.75) is 13.2 Å². The Kier molecular flexibility index (Phi) is 7.64. The van der Waals surface area contributed by atoms with Crippen LogP contribution in [0.4, 0.5) is 10.5 Å². The van der Waals surface area contributed by atoms with Gasteiger partial charge < -0.3 is 30.5 Å². The first-order valence-electron chi connectivity index (χ1n) is 8.81. The lowest BCUT2D eigenvalue weighted by Gasteiger charge is -2.21. The zero-order chi connectivity index (χ0) is 21.4. The van der Waals surface area contributed by atoms with Crippen molar-refractivity contribution < 1.29 is 29.4 Å². The number of benzene rings is 1. The molecule has 0 aliphatic carbocycles. The van der Waals surface area contributed by atoms with Crippen LogP contribution in [0.15, 0.2) is 17.7 Å². The molecule has 1 aromatic rings. The number of nitriles is 1. The second-order valence-electron chi connectivity index (χ2n) is 6.01. The summed E-state index contributed by atoms with van der Waals surface area (Å²) in [5.74, 6) is -1.37. The van der Waals surface area contributed by atoms with E-state index in [0.717, 1.165) is 0 Å². The number of nitrogens with one attached hydrogen (secondary N) is 3. The van der Waals surface area contributed by atoms with Gasteiger partial charge in [-0.1, -0.05) is 0 Å². The fraction of sp³-hybridized carbons (Fsp3) is 0.389. The minimum absolute atomic E-state index is 0.0801. The molecule has 1 unspecified atom stereocenters. The van der Waals surface area contributed by atoms with Gasteiger partial charge in [0, 0.05) is 13.1 Å². The van der Waals surface area contributed by atoms with Crippen LogP contribution >= 0.6 is 0 Å². The van der Waals surface area contributed by atoms with Crippen molar-refractivity contribution >= 4 is 23.7 Å². The maximum absolute atomic E-state index is 12.7. The van der Waals surface area contributed by atoms with Crippen LogP contribution in [0.25, 0.3) is 6.08 Å². The zero-order valence-electron chi connectivity index (χ0n) is 16.1. The number of phenolic OH excluding ortho intramolecular Hbond substituents is 2. The Morgan fingerprint density at radius 3 is 2.83 bits per heavy atom. The standard InChI is InChI=1S/C18H23N5O6/c1-3-23(4-5-29-15-10-20-18(27)21-15)17(26)12(9-19)6-11-7-13(22-28-2)16(25)14(24)8-11/h6-8,15,22,24-25H,3-5,10H2,1-2H3,(H2,20,21,27)/b12-6+. The quantitative estimate of drug-likeness (QED) is 0.172. The van der Waals surface area contributed by atoms with Crippen LogP contribution < -0.4 is 16.1 Å². The van der Waals surface area contributed by atoms with Gasteiger partial charge in [-0.3, -0.25) is 15.1 Å². The summed E-state index contributed by atoms with van der Waals surface area (Å²) in [6.45, 7) is 2.84. The van der Waals surface area contributed by atoms with E-state index in [2.05, 4.69) is 16.1 Å². The van der Waals surface area contributed by atoms with E-state index in [1.54, 1.807) is 6.92 Å². The van der Waals surface area contributed by atoms with Crippen LogP contribution in [-0.4, -0.2) is 66.6 Å². The van der Waals surface area contributed by atoms with E-state index in [1.165, 1.54) is 30.2 Å². The van der Waals surface area contributed by atoms with Crippen molar-refractivity contribution in [2.75, 3.05) is 38.8 Å². The number of phenols is 2. The molecule has 156 valence electrons. The third kappa shape index (κ3) is 5.74. The molecule has 11 nitrogen and oxygen atoms in total. The van der Waals surface area contributed by atoms with Crippen molar-refractivity contribution in [3.63, 3.8) is 0 Å². The first-order valence-corrected chi connectivity index (χ1v) is 8.81. The normalized spacial score (nSPS) is 16.0. The minimum Gasteiger partial charge on any atom is -0.504 e. The Balaban J connectivity index is 2.09. The predicted molar refractivity (Wildman–Crippen MR) is 103 cm³/mol. The van der Waals surface area contributed by atoms with Gasteiger partial charge in [0.25, 0.3) is 5.91 Å². The van der Waals surface area contributed by atoms with Crippen molar-refractivity contribution in [3.05, 3.63) is 23.3 Å². The average molecular weight is 405 g/mol. The van der Waals surface area contributed by atoms with E-state index in [-0.39, 0.29) is 30.4 Å². The number of nitrogens with zero attached hydrogens (tertiary/aromatic N) is 2. The summed E-state index contributed by atoms with van der Waals surface area (Å²) in [4.78, 5) is 29.9. The van der Waals surface area contributed by atoms with Crippen molar-refractivity contribution in [1.82, 2.24) is 15.5 Å². The van der Waals surface area contributed by atoms with Crippen LogP contribution in [0.3, 0.4) is 0 Å². The van der Waals surface area contributed by atoms with Gasteiger partial charge in [0.15, 0.2) is 11.5 Å². The summed E-state index contributed by atoms with van der Waals surface area (Å²) >= 11 is 0. The lowest BCUT2D eigenvalue weighted by atomic mass is 10.1. The first-order chi connectivity index (χ1) is 13.9. The molecule has 0 aromatic heterocycles. The molecule has 1 aliphatic heterocycles. The molecular weight excluding hydrogens is 382 g/mol. The Morgan fingerprint density at radius 2 is 2.24 bits per heavy atom. The number of rotatable bonds is 9. The number of aromatic hydroxyl groups is 2. The van der Waals surface area contributed by atoms with Crippen LogP contribution in [0, 0.1) is 11.3 Å². The van der Waals surface area contributed by atoms with Crippen molar-refractivity contribution in [3.8, 4) is 17.6 Å². The zero-order valence-corrected chi connectivity index (χ0v) is 16.1. The van der Waals surface area contributed by atoms with Gasteiger partial charge in [-0.05, 0) is 30.7 Å². The van der Waals surface area contributed by atoms with Gasteiger partial charge in [-0.15, -0.1) is 0 Å². The number of amides is 3. The maximum Gasteiger partial charge on any atom is 0.317 e. The fourth-order valence-electron chi connectivity index (χ4n) is 2.63. The maximum atomic E-state index is 12.7. The average Bonchev–Trinajstić information content (AvgIpc) is 3.12. The van der Waals surface area contributed by atoms with Gasteiger partial charge in [-0.25, -0.2) is 4.79 Å². The van der Waals surface area contributed by atoms with Gasteiger partial charge in [0.05, 0.1) is 20.3 Å². The first kappa shape index (κ1) is 21.8. The highest BCUT2D eigenvalue weighted by atomic mass is 16.6. The summed E-state index contributed by atoms with van der Waals surface area (Å²) in [7, 11) is 1.33. The molecule has 0 radical (unpaired) electrons. The molecule has 29 heavy (non-hydrogen) atoms. The smallest absolute Gasteiger partial charge is 0.317 e. The topological polar surface area (TPSA) is 156 Å². The number of hydrogen-bond acceptors (Lipinski definition) is 8. The Morgan fingerprint density at radius 1 is 1.48 bits per heavy atom. The molecule has 3 amide bonds. The highest BCUT2D eigenvalue weighted by Crippen LogP contribution is 2.35. The van der Waals surface area contributed by atoms with E-state index >= 15 is 0 Å². The van der Waals surface area contributed by atoms with Crippen LogP contribution in [0.1, 0.15) is 12.5 Å². The minimum atomic E-state index is -0.513. The van der Waals surface area contributed by atoms with E-state index in [9.17, 15) is 25.1 Å². The van der Waals surface area contributed by atoms with E-state index in [0.29, 0.717) is 18.7 Å². The number of urea groups is 1. The molecule has 1 saturated heterocycles. The Labute approximate surface area is 167 Å². The molecule has 1 fully saturated rings.